The molecule has 0 atom stereocenters. The largest absolute Gasteiger partial charge is 0.343 e. The van der Waals surface area contributed by atoms with Crippen LogP contribution in [0.3, 0.4) is 0 Å². The van der Waals surface area contributed by atoms with Gasteiger partial charge < -0.3 is 11.8 Å². The number of fused-ring (bicyclic) bond motifs is 1. The van der Waals surface area contributed by atoms with E-state index in [1.807, 2.05) is 12.1 Å². The molecule has 1 heterocycles. The topological polar surface area (TPSA) is 6.48 Å². The second-order valence-electron chi connectivity index (χ2n) is 12.8. The van der Waals surface area contributed by atoms with E-state index in [2.05, 4.69) is 138 Å². The van der Waals surface area contributed by atoms with E-state index in [4.69, 9.17) is 15.0 Å². The zero-order valence-electron chi connectivity index (χ0n) is 27.1. The minimum atomic E-state index is -0.191. The number of benzene rings is 2. The van der Waals surface area contributed by atoms with Gasteiger partial charge in [-0.05, 0) is 27.1 Å². The third kappa shape index (κ3) is 9.01. The van der Waals surface area contributed by atoms with Crippen molar-refractivity contribution >= 4 is 10.2 Å². The molecular formula is C39H52N2Ni-2. The Morgan fingerprint density at radius 2 is 1.79 bits per heavy atom. The number of unbranched alkanes of at least 4 members (excludes halogenated alkanes) is 3. The molecular weight excluding hydrogens is 555 g/mol. The van der Waals surface area contributed by atoms with Crippen LogP contribution in [0.15, 0.2) is 95.8 Å². The van der Waals surface area contributed by atoms with Gasteiger partial charge in [0.1, 0.15) is 0 Å². The summed E-state index contributed by atoms with van der Waals surface area (Å²) >= 11 is 5.45. The van der Waals surface area contributed by atoms with Crippen molar-refractivity contribution in [3.63, 3.8) is 0 Å². The summed E-state index contributed by atoms with van der Waals surface area (Å²) in [6, 6.07) is 20.2. The summed E-state index contributed by atoms with van der Waals surface area (Å²) in [5, 5.41) is 0. The van der Waals surface area contributed by atoms with Crippen LogP contribution in [0.4, 0.5) is 5.69 Å². The molecule has 42 heavy (non-hydrogen) atoms. The van der Waals surface area contributed by atoms with Crippen LogP contribution in [0.1, 0.15) is 83.8 Å². The molecule has 230 valence electrons. The van der Waals surface area contributed by atoms with Crippen LogP contribution in [0.5, 0.6) is 0 Å². The molecule has 1 aliphatic carbocycles. The Bertz CT molecular complexity index is 1290. The summed E-state index contributed by atoms with van der Waals surface area (Å²) < 4.78 is 0.983. The summed E-state index contributed by atoms with van der Waals surface area (Å²) in [5.41, 5.74) is 7.76. The quantitative estimate of drug-likeness (QED) is 0.151. The number of nitrogens with zero attached hydrogens (tertiary/aromatic N) is 2. The van der Waals surface area contributed by atoms with Crippen molar-refractivity contribution in [2.75, 3.05) is 32.6 Å². The van der Waals surface area contributed by atoms with Gasteiger partial charge in [0.15, 0.2) is 0 Å². The van der Waals surface area contributed by atoms with Crippen molar-refractivity contribution < 1.29 is 15.0 Å². The van der Waals surface area contributed by atoms with E-state index >= 15 is 0 Å². The maximum atomic E-state index is 5.45. The Morgan fingerprint density at radius 1 is 1.05 bits per heavy atom. The van der Waals surface area contributed by atoms with Crippen molar-refractivity contribution in [1.29, 1.82) is 0 Å². The van der Waals surface area contributed by atoms with E-state index in [0.717, 1.165) is 29.3 Å². The summed E-state index contributed by atoms with van der Waals surface area (Å²) in [4.78, 5) is 4.56. The van der Waals surface area contributed by atoms with Gasteiger partial charge in [-0.25, -0.2) is 0 Å². The van der Waals surface area contributed by atoms with Crippen molar-refractivity contribution in [3.05, 3.63) is 120 Å². The fourth-order valence-electron chi connectivity index (χ4n) is 5.70. The Morgan fingerprint density at radius 3 is 2.45 bits per heavy atom. The van der Waals surface area contributed by atoms with E-state index in [9.17, 15) is 0 Å². The third-order valence-electron chi connectivity index (χ3n) is 8.43. The molecule has 0 spiro atoms. The van der Waals surface area contributed by atoms with Crippen molar-refractivity contribution in [1.82, 2.24) is 4.90 Å². The first-order valence-corrected chi connectivity index (χ1v) is 16.0. The van der Waals surface area contributed by atoms with Crippen LogP contribution in [-0.2, 0) is 25.9 Å². The Hall–Kier alpha value is -2.48. The Labute approximate surface area is 265 Å². The van der Waals surface area contributed by atoms with Gasteiger partial charge in [0.2, 0.25) is 0 Å². The molecule has 0 aromatic heterocycles. The zero-order chi connectivity index (χ0) is 30.8. The van der Waals surface area contributed by atoms with Crippen molar-refractivity contribution in [2.45, 2.75) is 83.5 Å². The van der Waals surface area contributed by atoms with Gasteiger partial charge in [-0.15, -0.1) is 0 Å². The number of likely N-dealkylation sites (N-methyl/N-ethyl adjacent to an activating group) is 1. The maximum Gasteiger partial charge on any atom is -0.00249 e. The predicted molar refractivity (Wildman–Crippen MR) is 181 cm³/mol. The third-order valence-corrected chi connectivity index (χ3v) is 9.21. The number of allylic oxidation sites excluding steroid dienone is 8. The van der Waals surface area contributed by atoms with E-state index in [1.165, 1.54) is 60.3 Å². The van der Waals surface area contributed by atoms with Crippen LogP contribution >= 0.6 is 0 Å². The van der Waals surface area contributed by atoms with E-state index in [-0.39, 0.29) is 10.8 Å². The molecule has 0 fully saturated rings. The molecule has 0 unspecified atom stereocenters. The first-order valence-electron chi connectivity index (χ1n) is 15.5. The van der Waals surface area contributed by atoms with E-state index < -0.39 is 0 Å². The molecule has 3 heteroatoms. The van der Waals surface area contributed by atoms with Crippen LogP contribution in [0, 0.1) is 13.0 Å². The summed E-state index contributed by atoms with van der Waals surface area (Å²) in [5.74, 6) is 0. The molecule has 2 nitrogen and oxygen atoms in total. The Kier molecular flexibility index (Phi) is 12.8. The molecule has 0 saturated carbocycles. The minimum absolute atomic E-state index is 0.0110. The SMILES string of the molecule is CN1/C(=C/C=C2C=C(/C=C/[C](=[Ni])C(C)(C)c3[c-]cccc3)CCC/2)C(C)(C)c2ccccc21.[CH2-]CCCCCN(C)C. The summed E-state index contributed by atoms with van der Waals surface area (Å²) in [6.45, 7) is 14.0. The van der Waals surface area contributed by atoms with Crippen LogP contribution < -0.4 is 4.90 Å². The maximum absolute atomic E-state index is 5.45. The number of rotatable bonds is 10. The average Bonchev–Trinajstić information content (AvgIpc) is 3.18. The van der Waals surface area contributed by atoms with Crippen LogP contribution in [0.2, 0.25) is 0 Å². The van der Waals surface area contributed by atoms with Gasteiger partial charge in [-0.2, -0.15) is 6.42 Å². The summed E-state index contributed by atoms with van der Waals surface area (Å²) in [7, 11) is 6.41. The number of hydrogen-bond donors (Lipinski definition) is 0. The fraction of sp³-hybridized carbons (Fsp3) is 0.436. The van der Waals surface area contributed by atoms with Gasteiger partial charge in [0.05, 0.1) is 0 Å². The molecule has 0 N–H and O–H groups in total. The molecule has 2 aromatic rings. The zero-order valence-corrected chi connectivity index (χ0v) is 28.1. The molecule has 0 amide bonds. The predicted octanol–water partition coefficient (Wildman–Crippen LogP) is 9.33. The van der Waals surface area contributed by atoms with E-state index in [0.29, 0.717) is 0 Å². The average molecular weight is 608 g/mol. The van der Waals surface area contributed by atoms with Crippen LogP contribution in [-0.4, -0.2) is 37.1 Å². The molecule has 0 radical (unpaired) electrons. The molecule has 1 aliphatic heterocycles. The normalized spacial score (nSPS) is 18.4. The monoisotopic (exact) mass is 606 g/mol. The molecule has 2 aromatic carbocycles. The smallest absolute Gasteiger partial charge is 0.00249 e. The van der Waals surface area contributed by atoms with Gasteiger partial charge >= 0.3 is 196 Å². The van der Waals surface area contributed by atoms with Crippen molar-refractivity contribution in [3.8, 4) is 0 Å². The van der Waals surface area contributed by atoms with Crippen molar-refractivity contribution in [2.24, 2.45) is 0 Å². The van der Waals surface area contributed by atoms with Gasteiger partial charge in [0.25, 0.3) is 0 Å². The second-order valence-corrected chi connectivity index (χ2v) is 13.4. The van der Waals surface area contributed by atoms with Gasteiger partial charge in [-0.3, -0.25) is 0 Å². The van der Waals surface area contributed by atoms with E-state index in [1.54, 1.807) is 0 Å². The van der Waals surface area contributed by atoms with Crippen LogP contribution in [0.25, 0.3) is 0 Å². The van der Waals surface area contributed by atoms with Gasteiger partial charge in [-0.1, -0.05) is 25.0 Å². The minimum Gasteiger partial charge on any atom is -0.343 e. The fourth-order valence-corrected chi connectivity index (χ4v) is 5.91. The number of hydrogen-bond acceptors (Lipinski definition) is 2. The first kappa shape index (κ1) is 34.0. The Balaban J connectivity index is 0.000000467. The number of anilines is 1. The molecule has 0 saturated heterocycles. The van der Waals surface area contributed by atoms with Gasteiger partial charge in [0, 0.05) is 0 Å². The summed E-state index contributed by atoms with van der Waals surface area (Å²) in [6.07, 6.45) is 19.8. The molecule has 0 bridgehead atoms. The standard InChI is InChI=1S/C31H34N.C8H18N.Ni/c1-30(2,26-16-7-6-8-17-26)22-12-15-24-13-11-14-25(23-24)20-21-29-31(3,4)27-18-9-10-19-28(27)32(29)5;1-4-5-6-7-8-9(2)3;/h6-10,12,15-16,18-21,23H,11,13-14H2,1-5H3;1,4-8H2,2-3H3;/q2*-1;/b15-12+,25-20+,29-21+;;. The first-order chi connectivity index (χ1) is 20.0. The second kappa shape index (κ2) is 15.8. The number of para-hydroxylation sites is 1. The molecule has 4 rings (SSSR count). The molecule has 2 aliphatic rings.